The quantitative estimate of drug-likeness (QED) is 0.645. The van der Waals surface area contributed by atoms with Crippen molar-refractivity contribution in [1.29, 1.82) is 0 Å². The van der Waals surface area contributed by atoms with Crippen LogP contribution in [-0.4, -0.2) is 0 Å². The van der Waals surface area contributed by atoms with Crippen LogP contribution in [0.3, 0.4) is 0 Å². The molecule has 1 saturated carbocycles. The van der Waals surface area contributed by atoms with Crippen LogP contribution in [0.1, 0.15) is 56.6 Å². The highest BCUT2D eigenvalue weighted by Gasteiger charge is 2.16. The van der Waals surface area contributed by atoms with Crippen molar-refractivity contribution in [1.82, 2.24) is 0 Å². The fraction of sp³-hybridized carbons (Fsp3) is 0.500. The zero-order valence-corrected chi connectivity index (χ0v) is 12.7. The highest BCUT2D eigenvalue weighted by Crippen LogP contribution is 2.31. The van der Waals surface area contributed by atoms with E-state index in [-0.39, 0.29) is 0 Å². The molecular formula is C20H26. The third-order valence-corrected chi connectivity index (χ3v) is 4.87. The molecule has 0 aromatic heterocycles. The summed E-state index contributed by atoms with van der Waals surface area (Å²) in [7, 11) is 0. The molecule has 0 aliphatic heterocycles. The average molecular weight is 266 g/mol. The van der Waals surface area contributed by atoms with Crippen molar-refractivity contribution in [2.24, 2.45) is 5.92 Å². The number of fused-ring (bicyclic) bond motifs is 1. The Balaban J connectivity index is 1.94. The van der Waals surface area contributed by atoms with Gasteiger partial charge < -0.3 is 0 Å². The molecule has 1 aliphatic rings. The van der Waals surface area contributed by atoms with Crippen LogP contribution in [0.15, 0.2) is 36.4 Å². The topological polar surface area (TPSA) is 0 Å². The van der Waals surface area contributed by atoms with E-state index in [1.54, 1.807) is 11.1 Å². The summed E-state index contributed by atoms with van der Waals surface area (Å²) in [6, 6.07) is 13.6. The summed E-state index contributed by atoms with van der Waals surface area (Å²) >= 11 is 0. The molecule has 0 heteroatoms. The van der Waals surface area contributed by atoms with Crippen molar-refractivity contribution in [3.63, 3.8) is 0 Å². The maximum atomic E-state index is 2.40. The molecule has 0 amide bonds. The third kappa shape index (κ3) is 2.90. The van der Waals surface area contributed by atoms with Crippen LogP contribution < -0.4 is 0 Å². The van der Waals surface area contributed by atoms with E-state index in [2.05, 4.69) is 43.3 Å². The van der Waals surface area contributed by atoms with E-state index in [0.717, 1.165) is 5.92 Å². The van der Waals surface area contributed by atoms with Gasteiger partial charge >= 0.3 is 0 Å². The van der Waals surface area contributed by atoms with E-state index in [0.29, 0.717) is 0 Å². The molecule has 1 aliphatic carbocycles. The first kappa shape index (κ1) is 13.7. The molecule has 0 radical (unpaired) electrons. The third-order valence-electron chi connectivity index (χ3n) is 4.87. The van der Waals surface area contributed by atoms with Gasteiger partial charge in [0.1, 0.15) is 0 Å². The second-order valence-electron chi connectivity index (χ2n) is 6.38. The predicted molar refractivity (Wildman–Crippen MR) is 88.2 cm³/mol. The molecule has 0 N–H and O–H groups in total. The van der Waals surface area contributed by atoms with E-state index in [1.165, 1.54) is 62.1 Å². The summed E-state index contributed by atoms with van der Waals surface area (Å²) in [4.78, 5) is 0. The molecule has 3 rings (SSSR count). The Labute approximate surface area is 123 Å². The van der Waals surface area contributed by atoms with Crippen LogP contribution >= 0.6 is 0 Å². The lowest BCUT2D eigenvalue weighted by Gasteiger charge is -2.23. The Morgan fingerprint density at radius 1 is 0.950 bits per heavy atom. The maximum Gasteiger partial charge on any atom is -0.0149 e. The van der Waals surface area contributed by atoms with Crippen molar-refractivity contribution >= 4 is 10.8 Å². The normalized spacial score (nSPS) is 16.6. The molecule has 0 spiro atoms. The van der Waals surface area contributed by atoms with Crippen LogP contribution in [-0.2, 0) is 12.8 Å². The summed E-state index contributed by atoms with van der Waals surface area (Å²) in [5.41, 5.74) is 3.24. The first-order valence-electron chi connectivity index (χ1n) is 8.38. The number of aryl methyl sites for hydroxylation is 1. The lowest BCUT2D eigenvalue weighted by atomic mass is 9.82. The van der Waals surface area contributed by atoms with Crippen molar-refractivity contribution in [3.8, 4) is 0 Å². The van der Waals surface area contributed by atoms with Crippen LogP contribution in [0.25, 0.3) is 10.8 Å². The van der Waals surface area contributed by atoms with Crippen molar-refractivity contribution < 1.29 is 0 Å². The van der Waals surface area contributed by atoms with Gasteiger partial charge in [-0.3, -0.25) is 0 Å². The molecule has 0 nitrogen and oxygen atoms in total. The zero-order valence-electron chi connectivity index (χ0n) is 12.7. The number of rotatable bonds is 4. The fourth-order valence-electron chi connectivity index (χ4n) is 3.82. The molecule has 1 fully saturated rings. The van der Waals surface area contributed by atoms with E-state index in [1.807, 2.05) is 0 Å². The SMILES string of the molecule is CCCc1c(CC2CCCCC2)ccc2ccccc12. The van der Waals surface area contributed by atoms with Crippen LogP contribution in [0.4, 0.5) is 0 Å². The zero-order chi connectivity index (χ0) is 13.8. The Morgan fingerprint density at radius 3 is 2.55 bits per heavy atom. The van der Waals surface area contributed by atoms with Gasteiger partial charge in [0, 0.05) is 0 Å². The van der Waals surface area contributed by atoms with E-state index in [9.17, 15) is 0 Å². The van der Waals surface area contributed by atoms with Gasteiger partial charge in [-0.25, -0.2) is 0 Å². The molecule has 106 valence electrons. The summed E-state index contributed by atoms with van der Waals surface area (Å²) in [5.74, 6) is 0.931. The Bertz CT molecular complexity index is 561. The molecule has 0 unspecified atom stereocenters. The van der Waals surface area contributed by atoms with E-state index in [4.69, 9.17) is 0 Å². The molecule has 0 bridgehead atoms. The second kappa shape index (κ2) is 6.43. The minimum Gasteiger partial charge on any atom is -0.0651 e. The molecule has 2 aromatic rings. The average Bonchev–Trinajstić information content (AvgIpc) is 2.51. The van der Waals surface area contributed by atoms with Gasteiger partial charge in [0.05, 0.1) is 0 Å². The van der Waals surface area contributed by atoms with Gasteiger partial charge in [-0.1, -0.05) is 81.8 Å². The summed E-state index contributed by atoms with van der Waals surface area (Å²) in [6.07, 6.45) is 11.0. The van der Waals surface area contributed by atoms with Crippen LogP contribution in [0, 0.1) is 5.92 Å². The standard InChI is InChI=1S/C20H26/c1-2-8-19-18(15-16-9-4-3-5-10-16)14-13-17-11-6-7-12-20(17)19/h6-7,11-14,16H,2-5,8-10,15H2,1H3. The predicted octanol–water partition coefficient (Wildman–Crippen LogP) is 5.92. The van der Waals surface area contributed by atoms with Crippen molar-refractivity contribution in [2.75, 3.05) is 0 Å². The van der Waals surface area contributed by atoms with E-state index >= 15 is 0 Å². The number of benzene rings is 2. The van der Waals surface area contributed by atoms with Gasteiger partial charge in [-0.15, -0.1) is 0 Å². The molecule has 2 aromatic carbocycles. The number of hydrogen-bond acceptors (Lipinski definition) is 0. The first-order valence-corrected chi connectivity index (χ1v) is 8.38. The Kier molecular flexibility index (Phi) is 4.40. The summed E-state index contributed by atoms with van der Waals surface area (Å²) in [6.45, 7) is 2.30. The molecule has 0 atom stereocenters. The smallest absolute Gasteiger partial charge is 0.0149 e. The molecule has 20 heavy (non-hydrogen) atoms. The molecule has 0 heterocycles. The first-order chi connectivity index (χ1) is 9.88. The Morgan fingerprint density at radius 2 is 1.75 bits per heavy atom. The highest BCUT2D eigenvalue weighted by atomic mass is 14.2. The number of hydrogen-bond donors (Lipinski definition) is 0. The monoisotopic (exact) mass is 266 g/mol. The van der Waals surface area contributed by atoms with Gasteiger partial charge in [0.25, 0.3) is 0 Å². The summed E-state index contributed by atoms with van der Waals surface area (Å²) < 4.78 is 0. The lowest BCUT2D eigenvalue weighted by molar-refractivity contribution is 0.356. The minimum absolute atomic E-state index is 0.931. The minimum atomic E-state index is 0.931. The van der Waals surface area contributed by atoms with Gasteiger partial charge in [-0.2, -0.15) is 0 Å². The van der Waals surface area contributed by atoms with Crippen LogP contribution in [0.5, 0.6) is 0 Å². The lowest BCUT2D eigenvalue weighted by Crippen LogP contribution is -2.10. The largest absolute Gasteiger partial charge is 0.0651 e. The second-order valence-corrected chi connectivity index (χ2v) is 6.38. The van der Waals surface area contributed by atoms with Gasteiger partial charge in [0.15, 0.2) is 0 Å². The van der Waals surface area contributed by atoms with Gasteiger partial charge in [0.2, 0.25) is 0 Å². The van der Waals surface area contributed by atoms with Gasteiger partial charge in [-0.05, 0) is 40.7 Å². The van der Waals surface area contributed by atoms with E-state index < -0.39 is 0 Å². The highest BCUT2D eigenvalue weighted by molar-refractivity contribution is 5.86. The Hall–Kier alpha value is -1.30. The van der Waals surface area contributed by atoms with Crippen molar-refractivity contribution in [3.05, 3.63) is 47.5 Å². The van der Waals surface area contributed by atoms with Crippen molar-refractivity contribution in [2.45, 2.75) is 58.3 Å². The fourth-order valence-corrected chi connectivity index (χ4v) is 3.82. The maximum absolute atomic E-state index is 2.40. The summed E-state index contributed by atoms with van der Waals surface area (Å²) in [5, 5.41) is 2.89. The molecule has 0 saturated heterocycles. The molecular weight excluding hydrogens is 240 g/mol. The van der Waals surface area contributed by atoms with Crippen LogP contribution in [0.2, 0.25) is 0 Å².